The maximum atomic E-state index is 12.6. The van der Waals surface area contributed by atoms with Crippen molar-refractivity contribution in [3.05, 3.63) is 40.8 Å². The minimum Gasteiger partial charge on any atom is -0.366 e. The molecule has 0 unspecified atom stereocenters. The van der Waals surface area contributed by atoms with Crippen LogP contribution >= 0.6 is 0 Å². The van der Waals surface area contributed by atoms with Gasteiger partial charge in [-0.1, -0.05) is 12.8 Å². The number of fused-ring (bicyclic) bond motifs is 1. The molecular formula is C21H28N8O. The van der Waals surface area contributed by atoms with Crippen molar-refractivity contribution in [2.24, 2.45) is 0 Å². The Morgan fingerprint density at radius 2 is 1.93 bits per heavy atom. The fourth-order valence-electron chi connectivity index (χ4n) is 3.95. The zero-order valence-corrected chi connectivity index (χ0v) is 17.6. The van der Waals surface area contributed by atoms with Crippen molar-refractivity contribution in [2.75, 3.05) is 23.7 Å². The lowest BCUT2D eigenvalue weighted by molar-refractivity contribution is -0.120. The van der Waals surface area contributed by atoms with Crippen LogP contribution in [-0.4, -0.2) is 43.6 Å². The van der Waals surface area contributed by atoms with Crippen LogP contribution in [0.3, 0.4) is 0 Å². The average molecular weight is 409 g/mol. The monoisotopic (exact) mass is 408 g/mol. The van der Waals surface area contributed by atoms with Crippen LogP contribution in [-0.2, 0) is 17.8 Å². The van der Waals surface area contributed by atoms with E-state index in [0.29, 0.717) is 12.3 Å². The van der Waals surface area contributed by atoms with E-state index in [1.807, 2.05) is 26.1 Å². The molecule has 9 heteroatoms. The summed E-state index contributed by atoms with van der Waals surface area (Å²) in [5, 5.41) is 7.17. The smallest absolute Gasteiger partial charge is 0.254 e. The number of carbonyl (C=O) groups is 1. The van der Waals surface area contributed by atoms with Crippen LogP contribution < -0.4 is 16.0 Å². The van der Waals surface area contributed by atoms with Crippen molar-refractivity contribution < 1.29 is 4.79 Å². The van der Waals surface area contributed by atoms with E-state index in [-0.39, 0.29) is 18.3 Å². The van der Waals surface area contributed by atoms with Gasteiger partial charge in [0.25, 0.3) is 5.78 Å². The molecule has 0 bridgehead atoms. The zero-order chi connectivity index (χ0) is 21.1. The van der Waals surface area contributed by atoms with E-state index < -0.39 is 0 Å². The molecule has 1 amide bonds. The van der Waals surface area contributed by atoms with Crippen LogP contribution in [0.15, 0.2) is 18.3 Å². The van der Waals surface area contributed by atoms with Crippen molar-refractivity contribution in [3.63, 3.8) is 0 Å². The molecule has 30 heavy (non-hydrogen) atoms. The molecule has 0 aliphatic carbocycles. The predicted molar refractivity (Wildman–Crippen MR) is 115 cm³/mol. The lowest BCUT2D eigenvalue weighted by Gasteiger charge is -2.21. The average Bonchev–Trinajstić information content (AvgIpc) is 2.93. The van der Waals surface area contributed by atoms with Gasteiger partial charge in [-0.25, -0.2) is 9.97 Å². The Bertz CT molecular complexity index is 1050. The van der Waals surface area contributed by atoms with Crippen molar-refractivity contribution >= 4 is 23.5 Å². The van der Waals surface area contributed by atoms with Gasteiger partial charge in [0.1, 0.15) is 5.82 Å². The number of hydrogen-bond acceptors (Lipinski definition) is 7. The summed E-state index contributed by atoms with van der Waals surface area (Å²) in [5.74, 6) is 1.55. The van der Waals surface area contributed by atoms with Crippen LogP contribution in [0.5, 0.6) is 0 Å². The molecular weight excluding hydrogens is 380 g/mol. The summed E-state index contributed by atoms with van der Waals surface area (Å²) in [4.78, 5) is 28.0. The third kappa shape index (κ3) is 4.34. The Hall–Kier alpha value is -3.23. The maximum Gasteiger partial charge on any atom is 0.254 e. The number of nitrogens with two attached hydrogens (primary N) is 1. The van der Waals surface area contributed by atoms with Gasteiger partial charge in [-0.3, -0.25) is 4.79 Å². The van der Waals surface area contributed by atoms with Crippen molar-refractivity contribution in [1.29, 1.82) is 0 Å². The first-order valence-electron chi connectivity index (χ1n) is 10.5. The van der Waals surface area contributed by atoms with Gasteiger partial charge in [-0.15, -0.1) is 5.10 Å². The van der Waals surface area contributed by atoms with Gasteiger partial charge in [0.2, 0.25) is 11.9 Å². The molecule has 3 N–H and O–H groups in total. The molecule has 1 aliphatic rings. The Kier molecular flexibility index (Phi) is 5.78. The van der Waals surface area contributed by atoms with Crippen molar-refractivity contribution in [1.82, 2.24) is 29.9 Å². The van der Waals surface area contributed by atoms with Gasteiger partial charge in [0.15, 0.2) is 0 Å². The molecule has 4 rings (SSSR count). The second kappa shape index (κ2) is 8.64. The fourth-order valence-corrected chi connectivity index (χ4v) is 3.95. The molecule has 0 aromatic carbocycles. The Morgan fingerprint density at radius 3 is 2.70 bits per heavy atom. The quantitative estimate of drug-likeness (QED) is 0.663. The highest BCUT2D eigenvalue weighted by molar-refractivity contribution is 5.79. The van der Waals surface area contributed by atoms with Gasteiger partial charge in [0, 0.05) is 42.8 Å². The standard InChI is InChI=1S/C21H28N8O/c1-14-17(15(2)29-21(25-14)26-20(22)27-29)12-19(30)24-13-16-7-8-23-18(11-16)28-9-5-3-4-6-10-28/h7-8,11H,3-6,9-10,12-13H2,1-2H3,(H2,22,27)(H,24,30). The van der Waals surface area contributed by atoms with Crippen LogP contribution in [0.1, 0.15) is 48.2 Å². The minimum absolute atomic E-state index is 0.0661. The van der Waals surface area contributed by atoms with Crippen molar-refractivity contribution in [3.8, 4) is 0 Å². The molecule has 158 valence electrons. The fraction of sp³-hybridized carbons (Fsp3) is 0.476. The highest BCUT2D eigenvalue weighted by atomic mass is 16.1. The summed E-state index contributed by atoms with van der Waals surface area (Å²) >= 11 is 0. The maximum absolute atomic E-state index is 12.6. The number of anilines is 2. The van der Waals surface area contributed by atoms with Gasteiger partial charge < -0.3 is 16.0 Å². The topological polar surface area (TPSA) is 114 Å². The second-order valence-corrected chi connectivity index (χ2v) is 7.82. The molecule has 1 fully saturated rings. The molecule has 4 heterocycles. The van der Waals surface area contributed by atoms with Gasteiger partial charge in [0.05, 0.1) is 6.42 Å². The van der Waals surface area contributed by atoms with Gasteiger partial charge in [-0.05, 0) is 44.4 Å². The highest BCUT2D eigenvalue weighted by Crippen LogP contribution is 2.19. The highest BCUT2D eigenvalue weighted by Gasteiger charge is 2.16. The third-order valence-corrected chi connectivity index (χ3v) is 5.63. The summed E-state index contributed by atoms with van der Waals surface area (Å²) < 4.78 is 1.58. The predicted octanol–water partition coefficient (Wildman–Crippen LogP) is 1.96. The Balaban J connectivity index is 1.42. The summed E-state index contributed by atoms with van der Waals surface area (Å²) in [7, 11) is 0. The SMILES string of the molecule is Cc1nc2nc(N)nn2c(C)c1CC(=O)NCc1ccnc(N2CCCCCC2)c1. The lowest BCUT2D eigenvalue weighted by atomic mass is 10.1. The third-order valence-electron chi connectivity index (χ3n) is 5.63. The first-order chi connectivity index (χ1) is 14.5. The van der Waals surface area contributed by atoms with Crippen LogP contribution in [0.2, 0.25) is 0 Å². The summed E-state index contributed by atoms with van der Waals surface area (Å²) in [6.45, 7) is 6.32. The van der Waals surface area contributed by atoms with Gasteiger partial charge >= 0.3 is 0 Å². The first kappa shape index (κ1) is 20.1. The summed E-state index contributed by atoms with van der Waals surface area (Å²) in [6.07, 6.45) is 7.03. The van der Waals surface area contributed by atoms with E-state index in [1.54, 1.807) is 4.52 Å². The number of carbonyl (C=O) groups excluding carboxylic acids is 1. The van der Waals surface area contributed by atoms with Gasteiger partial charge in [-0.2, -0.15) is 9.50 Å². The molecule has 0 radical (unpaired) electrons. The molecule has 1 aliphatic heterocycles. The van der Waals surface area contributed by atoms with Crippen LogP contribution in [0.4, 0.5) is 11.8 Å². The summed E-state index contributed by atoms with van der Waals surface area (Å²) in [6, 6.07) is 4.03. The molecule has 1 saturated heterocycles. The lowest BCUT2D eigenvalue weighted by Crippen LogP contribution is -2.27. The van der Waals surface area contributed by atoms with E-state index in [1.165, 1.54) is 25.7 Å². The molecule has 0 atom stereocenters. The number of pyridine rings is 1. The largest absolute Gasteiger partial charge is 0.366 e. The number of aromatic nitrogens is 5. The van der Waals surface area contributed by atoms with E-state index >= 15 is 0 Å². The van der Waals surface area contributed by atoms with E-state index in [2.05, 4.69) is 36.3 Å². The number of nitrogen functional groups attached to an aromatic ring is 1. The van der Waals surface area contributed by atoms with Crippen molar-refractivity contribution in [2.45, 2.75) is 52.5 Å². The number of nitrogens with one attached hydrogen (secondary N) is 1. The van der Waals surface area contributed by atoms with E-state index in [9.17, 15) is 4.79 Å². The normalized spacial score (nSPS) is 14.7. The summed E-state index contributed by atoms with van der Waals surface area (Å²) in [5.41, 5.74) is 9.14. The first-order valence-corrected chi connectivity index (χ1v) is 10.5. The molecule has 9 nitrogen and oxygen atoms in total. The zero-order valence-electron chi connectivity index (χ0n) is 17.6. The van der Waals surface area contributed by atoms with Crippen LogP contribution in [0.25, 0.3) is 5.78 Å². The Labute approximate surface area is 175 Å². The van der Waals surface area contributed by atoms with E-state index in [4.69, 9.17) is 5.73 Å². The van der Waals surface area contributed by atoms with E-state index in [0.717, 1.165) is 41.4 Å². The van der Waals surface area contributed by atoms with Crippen LogP contribution in [0, 0.1) is 13.8 Å². The Morgan fingerprint density at radius 1 is 1.17 bits per heavy atom. The molecule has 0 saturated carbocycles. The number of aryl methyl sites for hydroxylation is 2. The number of nitrogens with zero attached hydrogens (tertiary/aromatic N) is 6. The number of amides is 1. The molecule has 0 spiro atoms. The minimum atomic E-state index is -0.0661. The molecule has 3 aromatic heterocycles. The molecule has 3 aromatic rings. The number of rotatable bonds is 5. The second-order valence-electron chi connectivity index (χ2n) is 7.82. The number of hydrogen-bond donors (Lipinski definition) is 2.